The molecule has 1 aromatic carbocycles. The molecule has 10 nitrogen and oxygen atoms in total. The monoisotopic (exact) mass is 437 g/mol. The Morgan fingerprint density at radius 1 is 1.19 bits per heavy atom. The number of benzene rings is 1. The number of fused-ring (bicyclic) bond motifs is 1. The maximum absolute atomic E-state index is 13.4. The smallest absolute Gasteiger partial charge is 0.305 e. The quantitative estimate of drug-likeness (QED) is 0.363. The molecule has 4 rings (SSSR count). The number of rotatable bonds is 7. The van der Waals surface area contributed by atoms with E-state index in [9.17, 15) is 19.5 Å². The molecule has 0 aliphatic carbocycles. The lowest BCUT2D eigenvalue weighted by molar-refractivity contribution is -0.136. The SMILES string of the molecule is O=C(O)CCNC(=O)c1ncc2c(cc(-c3ccccc3)c(=O)n2CC2CNNC2)c1O. The first-order valence-electron chi connectivity index (χ1n) is 10.2. The van der Waals surface area contributed by atoms with Crippen molar-refractivity contribution in [3.05, 3.63) is 58.6 Å². The Labute approximate surface area is 182 Å². The van der Waals surface area contributed by atoms with Gasteiger partial charge in [0.15, 0.2) is 11.4 Å². The van der Waals surface area contributed by atoms with Crippen molar-refractivity contribution in [2.45, 2.75) is 13.0 Å². The maximum atomic E-state index is 13.4. The highest BCUT2D eigenvalue weighted by Crippen LogP contribution is 2.30. The van der Waals surface area contributed by atoms with Gasteiger partial charge in [0, 0.05) is 43.0 Å². The zero-order valence-electron chi connectivity index (χ0n) is 17.2. The van der Waals surface area contributed by atoms with Crippen molar-refractivity contribution in [2.24, 2.45) is 5.92 Å². The molecule has 32 heavy (non-hydrogen) atoms. The number of hydrazine groups is 1. The minimum atomic E-state index is -1.05. The van der Waals surface area contributed by atoms with E-state index in [1.165, 1.54) is 6.20 Å². The Hall–Kier alpha value is -3.76. The van der Waals surface area contributed by atoms with Gasteiger partial charge in [-0.05, 0) is 11.6 Å². The predicted molar refractivity (Wildman–Crippen MR) is 117 cm³/mol. The highest BCUT2D eigenvalue weighted by atomic mass is 16.4. The first-order chi connectivity index (χ1) is 15.5. The summed E-state index contributed by atoms with van der Waals surface area (Å²) in [6.07, 6.45) is 1.15. The Morgan fingerprint density at radius 2 is 1.91 bits per heavy atom. The summed E-state index contributed by atoms with van der Waals surface area (Å²) in [7, 11) is 0. The topological polar surface area (TPSA) is 146 Å². The molecular formula is C22H23N5O5. The van der Waals surface area contributed by atoms with Gasteiger partial charge >= 0.3 is 5.97 Å². The van der Waals surface area contributed by atoms with Crippen LogP contribution in [-0.2, 0) is 11.3 Å². The van der Waals surface area contributed by atoms with Crippen LogP contribution in [0.15, 0.2) is 47.4 Å². The van der Waals surface area contributed by atoms with Crippen molar-refractivity contribution in [1.29, 1.82) is 0 Å². The van der Waals surface area contributed by atoms with E-state index >= 15 is 0 Å². The zero-order chi connectivity index (χ0) is 22.7. The van der Waals surface area contributed by atoms with E-state index in [1.807, 2.05) is 30.3 Å². The number of hydrogen-bond donors (Lipinski definition) is 5. The van der Waals surface area contributed by atoms with E-state index in [1.54, 1.807) is 10.6 Å². The van der Waals surface area contributed by atoms with E-state index < -0.39 is 11.9 Å². The third-order valence-corrected chi connectivity index (χ3v) is 5.40. The van der Waals surface area contributed by atoms with Crippen LogP contribution < -0.4 is 21.7 Å². The number of carbonyl (C=O) groups is 2. The van der Waals surface area contributed by atoms with Crippen molar-refractivity contribution in [2.75, 3.05) is 19.6 Å². The van der Waals surface area contributed by atoms with E-state index in [2.05, 4.69) is 21.2 Å². The second-order valence-corrected chi connectivity index (χ2v) is 7.62. The third-order valence-electron chi connectivity index (χ3n) is 5.40. The fourth-order valence-electron chi connectivity index (χ4n) is 3.75. The second kappa shape index (κ2) is 9.16. The molecule has 1 saturated heterocycles. The summed E-state index contributed by atoms with van der Waals surface area (Å²) in [4.78, 5) is 40.6. The number of aromatic nitrogens is 2. The van der Waals surface area contributed by atoms with Crippen molar-refractivity contribution < 1.29 is 19.8 Å². The average molecular weight is 437 g/mol. The lowest BCUT2D eigenvalue weighted by atomic mass is 10.0. The molecule has 1 aliphatic rings. The number of carboxylic acids is 1. The number of aliphatic carboxylic acids is 1. The number of carboxylic acid groups (broad SMARTS) is 1. The van der Waals surface area contributed by atoms with Crippen LogP contribution in [0.4, 0.5) is 0 Å². The number of hydrogen-bond acceptors (Lipinski definition) is 7. The van der Waals surface area contributed by atoms with E-state index in [0.717, 1.165) is 0 Å². The second-order valence-electron chi connectivity index (χ2n) is 7.62. The summed E-state index contributed by atoms with van der Waals surface area (Å²) in [6.45, 7) is 1.69. The standard InChI is InChI=1S/C22H23N5O5/c28-18(29)6-7-23-21(31)19-20(30)16-8-15(14-4-2-1-3-5-14)22(32)27(17(16)11-24-19)12-13-9-25-26-10-13/h1-5,8,11,13,25-26,30H,6-7,9-10,12H2,(H,23,31)(H,28,29). The molecule has 0 unspecified atom stereocenters. The molecule has 3 aromatic rings. The van der Waals surface area contributed by atoms with Crippen molar-refractivity contribution in [1.82, 2.24) is 25.7 Å². The minimum absolute atomic E-state index is 0.0935. The molecule has 10 heteroatoms. The predicted octanol–water partition coefficient (Wildman–Crippen LogP) is 0.698. The largest absolute Gasteiger partial charge is 0.505 e. The molecular weight excluding hydrogens is 414 g/mol. The molecule has 1 fully saturated rings. The van der Waals surface area contributed by atoms with Crippen LogP contribution in [0.3, 0.4) is 0 Å². The summed E-state index contributed by atoms with van der Waals surface area (Å²) in [5.41, 5.74) is 7.16. The van der Waals surface area contributed by atoms with Crippen LogP contribution in [-0.4, -0.2) is 51.3 Å². The molecule has 0 atom stereocenters. The van der Waals surface area contributed by atoms with Gasteiger partial charge in [-0.1, -0.05) is 30.3 Å². The van der Waals surface area contributed by atoms with Gasteiger partial charge in [-0.2, -0.15) is 0 Å². The van der Waals surface area contributed by atoms with Crippen LogP contribution >= 0.6 is 0 Å². The Morgan fingerprint density at radius 3 is 2.59 bits per heavy atom. The van der Waals surface area contributed by atoms with Gasteiger partial charge in [0.05, 0.1) is 18.1 Å². The van der Waals surface area contributed by atoms with Gasteiger partial charge in [0.2, 0.25) is 0 Å². The van der Waals surface area contributed by atoms with Crippen molar-refractivity contribution in [3.8, 4) is 16.9 Å². The third kappa shape index (κ3) is 4.32. The first kappa shape index (κ1) is 21.5. The van der Waals surface area contributed by atoms with Gasteiger partial charge in [0.25, 0.3) is 11.5 Å². The molecule has 0 radical (unpaired) electrons. The van der Waals surface area contributed by atoms with Crippen LogP contribution in [0.25, 0.3) is 22.0 Å². The van der Waals surface area contributed by atoms with Crippen LogP contribution in [0.2, 0.25) is 0 Å². The van der Waals surface area contributed by atoms with Crippen LogP contribution in [0.1, 0.15) is 16.9 Å². The number of pyridine rings is 2. The van der Waals surface area contributed by atoms with E-state index in [-0.39, 0.29) is 35.9 Å². The van der Waals surface area contributed by atoms with Crippen LogP contribution in [0.5, 0.6) is 5.75 Å². The van der Waals surface area contributed by atoms with E-state index in [4.69, 9.17) is 5.11 Å². The Bertz CT molecular complexity index is 1220. The summed E-state index contributed by atoms with van der Waals surface area (Å²) >= 11 is 0. The molecule has 166 valence electrons. The van der Waals surface area contributed by atoms with Crippen molar-refractivity contribution in [3.63, 3.8) is 0 Å². The van der Waals surface area contributed by atoms with Gasteiger partial charge in [-0.25, -0.2) is 4.98 Å². The number of nitrogens with one attached hydrogen (secondary N) is 3. The van der Waals surface area contributed by atoms with E-state index in [0.29, 0.717) is 41.7 Å². The summed E-state index contributed by atoms with van der Waals surface area (Å²) < 4.78 is 1.58. The summed E-state index contributed by atoms with van der Waals surface area (Å²) in [5, 5.41) is 22.4. The lowest BCUT2D eigenvalue weighted by Gasteiger charge is -2.17. The Kier molecular flexibility index (Phi) is 6.15. The Balaban J connectivity index is 1.82. The fourth-order valence-corrected chi connectivity index (χ4v) is 3.75. The zero-order valence-corrected chi connectivity index (χ0v) is 17.2. The van der Waals surface area contributed by atoms with Crippen LogP contribution in [0, 0.1) is 5.92 Å². The molecule has 2 aromatic heterocycles. The van der Waals surface area contributed by atoms with Gasteiger partial charge in [0.1, 0.15) is 0 Å². The number of aromatic hydroxyl groups is 1. The summed E-state index contributed by atoms with van der Waals surface area (Å²) in [6, 6.07) is 10.7. The molecule has 3 heterocycles. The lowest BCUT2D eigenvalue weighted by Crippen LogP contribution is -2.29. The molecule has 5 N–H and O–H groups in total. The normalized spacial score (nSPS) is 14.0. The average Bonchev–Trinajstić information content (AvgIpc) is 3.29. The highest BCUT2D eigenvalue weighted by molar-refractivity contribution is 6.01. The molecule has 0 bridgehead atoms. The number of nitrogens with zero attached hydrogens (tertiary/aromatic N) is 2. The van der Waals surface area contributed by atoms with Crippen molar-refractivity contribution >= 4 is 22.8 Å². The van der Waals surface area contributed by atoms with Gasteiger partial charge in [-0.3, -0.25) is 25.2 Å². The highest BCUT2D eigenvalue weighted by Gasteiger charge is 2.22. The van der Waals surface area contributed by atoms with Gasteiger partial charge < -0.3 is 20.1 Å². The minimum Gasteiger partial charge on any atom is -0.505 e. The fraction of sp³-hybridized carbons (Fsp3) is 0.273. The summed E-state index contributed by atoms with van der Waals surface area (Å²) in [5.74, 6) is -1.94. The molecule has 1 aliphatic heterocycles. The molecule has 0 saturated carbocycles. The number of amides is 1. The molecule has 0 spiro atoms. The first-order valence-corrected chi connectivity index (χ1v) is 10.2. The maximum Gasteiger partial charge on any atom is 0.305 e. The number of carbonyl (C=O) groups excluding carboxylic acids is 1. The van der Waals surface area contributed by atoms with Gasteiger partial charge in [-0.15, -0.1) is 0 Å². The molecule has 1 amide bonds.